The second-order valence-corrected chi connectivity index (χ2v) is 5.72. The number of halogens is 1. The van der Waals surface area contributed by atoms with Gasteiger partial charge < -0.3 is 10.6 Å². The van der Waals surface area contributed by atoms with Crippen LogP contribution in [0.2, 0.25) is 5.02 Å². The molecular formula is C17H25ClN2O2. The van der Waals surface area contributed by atoms with E-state index in [4.69, 9.17) is 11.6 Å². The highest BCUT2D eigenvalue weighted by atomic mass is 35.5. The molecule has 0 atom stereocenters. The first-order chi connectivity index (χ1) is 10.6. The molecule has 0 unspecified atom stereocenters. The van der Waals surface area contributed by atoms with Crippen molar-refractivity contribution in [3.63, 3.8) is 0 Å². The summed E-state index contributed by atoms with van der Waals surface area (Å²) >= 11 is 6.09. The lowest BCUT2D eigenvalue weighted by Crippen LogP contribution is -2.13. The van der Waals surface area contributed by atoms with E-state index in [1.807, 2.05) is 0 Å². The van der Waals surface area contributed by atoms with Crippen LogP contribution in [0.1, 0.15) is 58.8 Å². The van der Waals surface area contributed by atoms with Crippen LogP contribution in [0.15, 0.2) is 18.2 Å². The Kier molecular flexibility index (Phi) is 8.60. The topological polar surface area (TPSA) is 58.2 Å². The lowest BCUT2D eigenvalue weighted by molar-refractivity contribution is -0.116. The van der Waals surface area contributed by atoms with Gasteiger partial charge in [-0.3, -0.25) is 9.59 Å². The number of rotatable bonds is 9. The molecule has 0 radical (unpaired) electrons. The Balaban J connectivity index is 2.51. The monoisotopic (exact) mass is 324 g/mol. The van der Waals surface area contributed by atoms with Gasteiger partial charge in [0.15, 0.2) is 0 Å². The number of unbranched alkanes of at least 4 members (excludes halogenated alkanes) is 4. The minimum atomic E-state index is -0.0736. The molecule has 0 saturated carbocycles. The molecule has 1 aromatic rings. The minimum Gasteiger partial charge on any atom is -0.326 e. The van der Waals surface area contributed by atoms with Crippen molar-refractivity contribution in [2.45, 2.75) is 58.8 Å². The number of hydrogen-bond acceptors (Lipinski definition) is 2. The third-order valence-electron chi connectivity index (χ3n) is 3.35. The van der Waals surface area contributed by atoms with E-state index < -0.39 is 0 Å². The first kappa shape index (κ1) is 18.5. The SMILES string of the molecule is CCCCCCCC(=O)Nc1cc(NC(=O)CC)ccc1Cl. The van der Waals surface area contributed by atoms with Gasteiger partial charge in [-0.15, -0.1) is 0 Å². The van der Waals surface area contributed by atoms with Gasteiger partial charge in [0.25, 0.3) is 0 Å². The fourth-order valence-corrected chi connectivity index (χ4v) is 2.21. The summed E-state index contributed by atoms with van der Waals surface area (Å²) < 4.78 is 0. The molecule has 0 aliphatic rings. The summed E-state index contributed by atoms with van der Waals surface area (Å²) in [5.41, 5.74) is 1.17. The van der Waals surface area contributed by atoms with Gasteiger partial charge in [-0.25, -0.2) is 0 Å². The largest absolute Gasteiger partial charge is 0.326 e. The van der Waals surface area contributed by atoms with Crippen molar-refractivity contribution in [1.29, 1.82) is 0 Å². The summed E-state index contributed by atoms with van der Waals surface area (Å²) in [7, 11) is 0. The van der Waals surface area contributed by atoms with Gasteiger partial charge in [0.1, 0.15) is 0 Å². The minimum absolute atomic E-state index is 0.0441. The quantitative estimate of drug-likeness (QED) is 0.629. The van der Waals surface area contributed by atoms with Gasteiger partial charge in [0.05, 0.1) is 10.7 Å². The number of hydrogen-bond donors (Lipinski definition) is 2. The standard InChI is InChI=1S/C17H25ClN2O2/c1-3-5-6-7-8-9-17(22)20-15-12-13(10-11-14(15)18)19-16(21)4-2/h10-12H,3-9H2,1-2H3,(H,19,21)(H,20,22). The normalized spacial score (nSPS) is 10.3. The lowest BCUT2D eigenvalue weighted by atomic mass is 10.1. The highest BCUT2D eigenvalue weighted by Gasteiger charge is 2.08. The van der Waals surface area contributed by atoms with E-state index in [-0.39, 0.29) is 11.8 Å². The zero-order valence-electron chi connectivity index (χ0n) is 13.4. The molecule has 0 saturated heterocycles. The molecule has 1 rings (SSSR count). The number of carbonyl (C=O) groups is 2. The van der Waals surface area contributed by atoms with Gasteiger partial charge in [0.2, 0.25) is 11.8 Å². The fraction of sp³-hybridized carbons (Fsp3) is 0.529. The first-order valence-electron chi connectivity index (χ1n) is 7.96. The summed E-state index contributed by atoms with van der Waals surface area (Å²) in [5, 5.41) is 6.03. The molecule has 0 aliphatic carbocycles. The summed E-state index contributed by atoms with van der Waals surface area (Å²) in [4.78, 5) is 23.3. The average Bonchev–Trinajstić information content (AvgIpc) is 2.50. The lowest BCUT2D eigenvalue weighted by Gasteiger charge is -2.10. The van der Waals surface area contributed by atoms with E-state index in [1.54, 1.807) is 25.1 Å². The van der Waals surface area contributed by atoms with Crippen LogP contribution in [0.25, 0.3) is 0 Å². The maximum Gasteiger partial charge on any atom is 0.224 e. The van der Waals surface area contributed by atoms with Crippen LogP contribution < -0.4 is 10.6 Å². The van der Waals surface area contributed by atoms with Crippen LogP contribution in [-0.2, 0) is 9.59 Å². The van der Waals surface area contributed by atoms with Crippen molar-refractivity contribution in [2.75, 3.05) is 10.6 Å². The Morgan fingerprint density at radius 2 is 1.73 bits per heavy atom. The Labute approximate surface area is 137 Å². The number of carbonyl (C=O) groups excluding carboxylic acids is 2. The Morgan fingerprint density at radius 3 is 2.41 bits per heavy atom. The first-order valence-corrected chi connectivity index (χ1v) is 8.33. The number of anilines is 2. The Hall–Kier alpha value is -1.55. The van der Waals surface area contributed by atoms with Crippen LogP contribution in [0, 0.1) is 0 Å². The molecule has 0 aliphatic heterocycles. The van der Waals surface area contributed by atoms with Crippen molar-refractivity contribution in [3.05, 3.63) is 23.2 Å². The second kappa shape index (κ2) is 10.2. The summed E-state index contributed by atoms with van der Waals surface area (Å²) in [6.07, 6.45) is 6.43. The van der Waals surface area contributed by atoms with Crippen molar-refractivity contribution < 1.29 is 9.59 Å². The predicted molar refractivity (Wildman–Crippen MR) is 92.4 cm³/mol. The van der Waals surface area contributed by atoms with E-state index in [2.05, 4.69) is 17.6 Å². The smallest absolute Gasteiger partial charge is 0.224 e. The number of amides is 2. The van der Waals surface area contributed by atoms with E-state index in [0.717, 1.165) is 12.8 Å². The van der Waals surface area contributed by atoms with E-state index in [0.29, 0.717) is 29.2 Å². The highest BCUT2D eigenvalue weighted by Crippen LogP contribution is 2.26. The summed E-state index contributed by atoms with van der Waals surface area (Å²) in [5.74, 6) is -0.118. The molecule has 0 spiro atoms. The zero-order chi connectivity index (χ0) is 16.4. The van der Waals surface area contributed by atoms with Crippen LogP contribution >= 0.6 is 11.6 Å². The molecule has 0 heterocycles. The zero-order valence-corrected chi connectivity index (χ0v) is 14.1. The maximum absolute atomic E-state index is 11.9. The van der Waals surface area contributed by atoms with Gasteiger partial charge in [-0.05, 0) is 24.6 Å². The third kappa shape index (κ3) is 6.94. The summed E-state index contributed by atoms with van der Waals surface area (Å²) in [6.45, 7) is 3.95. The van der Waals surface area contributed by atoms with Crippen LogP contribution in [0.4, 0.5) is 11.4 Å². The second-order valence-electron chi connectivity index (χ2n) is 5.31. The molecule has 2 N–H and O–H groups in total. The van der Waals surface area contributed by atoms with E-state index >= 15 is 0 Å². The van der Waals surface area contributed by atoms with Gasteiger partial charge >= 0.3 is 0 Å². The molecule has 5 heteroatoms. The molecular weight excluding hydrogens is 300 g/mol. The van der Waals surface area contributed by atoms with Crippen molar-refractivity contribution >= 4 is 34.8 Å². The Bertz CT molecular complexity index is 503. The van der Waals surface area contributed by atoms with Crippen LogP contribution in [-0.4, -0.2) is 11.8 Å². The van der Waals surface area contributed by atoms with Gasteiger partial charge in [-0.1, -0.05) is 51.1 Å². The Morgan fingerprint density at radius 1 is 1.00 bits per heavy atom. The predicted octanol–water partition coefficient (Wildman–Crippen LogP) is 4.99. The highest BCUT2D eigenvalue weighted by molar-refractivity contribution is 6.33. The van der Waals surface area contributed by atoms with Gasteiger partial charge in [0, 0.05) is 18.5 Å². The molecule has 0 bridgehead atoms. The van der Waals surface area contributed by atoms with Crippen LogP contribution in [0.3, 0.4) is 0 Å². The molecule has 0 aromatic heterocycles. The number of nitrogens with one attached hydrogen (secondary N) is 2. The summed E-state index contributed by atoms with van der Waals surface area (Å²) in [6, 6.07) is 5.07. The fourth-order valence-electron chi connectivity index (χ4n) is 2.05. The van der Waals surface area contributed by atoms with E-state index in [1.165, 1.54) is 19.3 Å². The van der Waals surface area contributed by atoms with E-state index in [9.17, 15) is 9.59 Å². The van der Waals surface area contributed by atoms with Crippen molar-refractivity contribution in [1.82, 2.24) is 0 Å². The molecule has 4 nitrogen and oxygen atoms in total. The average molecular weight is 325 g/mol. The van der Waals surface area contributed by atoms with Crippen LogP contribution in [0.5, 0.6) is 0 Å². The molecule has 1 aromatic carbocycles. The molecule has 22 heavy (non-hydrogen) atoms. The van der Waals surface area contributed by atoms with Crippen molar-refractivity contribution in [2.24, 2.45) is 0 Å². The molecule has 2 amide bonds. The maximum atomic E-state index is 11.9. The number of benzene rings is 1. The third-order valence-corrected chi connectivity index (χ3v) is 3.68. The van der Waals surface area contributed by atoms with Gasteiger partial charge in [-0.2, -0.15) is 0 Å². The molecule has 0 fully saturated rings. The van der Waals surface area contributed by atoms with Crippen molar-refractivity contribution in [3.8, 4) is 0 Å². The molecule has 122 valence electrons.